The van der Waals surface area contributed by atoms with Crippen molar-refractivity contribution in [1.82, 2.24) is 15.6 Å². The van der Waals surface area contributed by atoms with Gasteiger partial charge in [-0.25, -0.2) is 0 Å². The zero-order valence-corrected chi connectivity index (χ0v) is 15.0. The molecule has 0 fully saturated rings. The van der Waals surface area contributed by atoms with Crippen molar-refractivity contribution in [3.63, 3.8) is 0 Å². The van der Waals surface area contributed by atoms with Crippen molar-refractivity contribution in [3.8, 4) is 5.75 Å². The lowest BCUT2D eigenvalue weighted by atomic mass is 10.1. The first-order valence-electron chi connectivity index (χ1n) is 7.38. The number of nitrogens with one attached hydrogen (secondary N) is 2. The van der Waals surface area contributed by atoms with Crippen LogP contribution in [0, 0.1) is 0 Å². The SMILES string of the molecule is CC(Oc1cccnc1)C(=O)NCc1ccc2c(c1)CNC2.Cl.Cl. The third-order valence-corrected chi connectivity index (χ3v) is 3.68. The number of benzene rings is 1. The van der Waals surface area contributed by atoms with Crippen LogP contribution in [0.5, 0.6) is 5.75 Å². The Morgan fingerprint density at radius 1 is 1.29 bits per heavy atom. The van der Waals surface area contributed by atoms with E-state index in [9.17, 15) is 4.79 Å². The summed E-state index contributed by atoms with van der Waals surface area (Å²) in [5.74, 6) is 0.455. The maximum atomic E-state index is 12.1. The number of amides is 1. The topological polar surface area (TPSA) is 63.2 Å². The van der Waals surface area contributed by atoms with Crippen LogP contribution < -0.4 is 15.4 Å². The molecule has 0 aliphatic carbocycles. The van der Waals surface area contributed by atoms with Crippen LogP contribution in [0.25, 0.3) is 0 Å². The van der Waals surface area contributed by atoms with Crippen LogP contribution in [0.2, 0.25) is 0 Å². The minimum absolute atomic E-state index is 0. The highest BCUT2D eigenvalue weighted by Crippen LogP contribution is 2.17. The Bertz CT molecular complexity index is 668. The minimum atomic E-state index is -0.555. The molecule has 130 valence electrons. The summed E-state index contributed by atoms with van der Waals surface area (Å²) >= 11 is 0. The second-order valence-corrected chi connectivity index (χ2v) is 5.37. The van der Waals surface area contributed by atoms with Crippen molar-refractivity contribution < 1.29 is 9.53 Å². The second-order valence-electron chi connectivity index (χ2n) is 5.37. The molecule has 2 N–H and O–H groups in total. The Kier molecular flexibility index (Phi) is 7.98. The van der Waals surface area contributed by atoms with E-state index in [2.05, 4.69) is 33.8 Å². The van der Waals surface area contributed by atoms with Crippen LogP contribution in [-0.2, 0) is 24.4 Å². The quantitative estimate of drug-likeness (QED) is 0.850. The lowest BCUT2D eigenvalue weighted by Gasteiger charge is -2.14. The van der Waals surface area contributed by atoms with Gasteiger partial charge in [0.15, 0.2) is 6.10 Å². The van der Waals surface area contributed by atoms with Gasteiger partial charge in [0.25, 0.3) is 5.91 Å². The predicted octanol–water partition coefficient (Wildman–Crippen LogP) is 2.61. The van der Waals surface area contributed by atoms with Gasteiger partial charge < -0.3 is 15.4 Å². The van der Waals surface area contributed by atoms with Crippen LogP contribution in [0.1, 0.15) is 23.6 Å². The largest absolute Gasteiger partial charge is 0.479 e. The summed E-state index contributed by atoms with van der Waals surface area (Å²) in [6, 6.07) is 9.87. The molecule has 1 aliphatic heterocycles. The number of aromatic nitrogens is 1. The van der Waals surface area contributed by atoms with Gasteiger partial charge in [-0.15, -0.1) is 24.8 Å². The minimum Gasteiger partial charge on any atom is -0.479 e. The first-order valence-corrected chi connectivity index (χ1v) is 7.38. The van der Waals surface area contributed by atoms with Gasteiger partial charge in [0, 0.05) is 25.8 Å². The van der Waals surface area contributed by atoms with E-state index in [-0.39, 0.29) is 30.7 Å². The molecule has 1 aliphatic rings. The van der Waals surface area contributed by atoms with Gasteiger partial charge in [0.05, 0.1) is 6.20 Å². The number of carbonyl (C=O) groups is 1. The molecular weight excluding hydrogens is 349 g/mol. The normalized spacial score (nSPS) is 13.0. The number of fused-ring (bicyclic) bond motifs is 1. The third kappa shape index (κ3) is 5.09. The van der Waals surface area contributed by atoms with Crippen molar-refractivity contribution >= 4 is 30.7 Å². The van der Waals surface area contributed by atoms with Gasteiger partial charge in [-0.3, -0.25) is 9.78 Å². The lowest BCUT2D eigenvalue weighted by Crippen LogP contribution is -2.35. The van der Waals surface area contributed by atoms with Crippen LogP contribution in [0.3, 0.4) is 0 Å². The maximum absolute atomic E-state index is 12.1. The van der Waals surface area contributed by atoms with Crippen molar-refractivity contribution in [1.29, 1.82) is 0 Å². The van der Waals surface area contributed by atoms with Crippen molar-refractivity contribution in [2.75, 3.05) is 0 Å². The molecule has 0 spiro atoms. The summed E-state index contributed by atoms with van der Waals surface area (Å²) < 4.78 is 5.55. The maximum Gasteiger partial charge on any atom is 0.261 e. The van der Waals surface area contributed by atoms with Crippen LogP contribution in [-0.4, -0.2) is 17.0 Å². The second kappa shape index (κ2) is 9.47. The zero-order valence-electron chi connectivity index (χ0n) is 13.3. The van der Waals surface area contributed by atoms with Crippen molar-refractivity contribution in [3.05, 3.63) is 59.4 Å². The smallest absolute Gasteiger partial charge is 0.261 e. The summed E-state index contributed by atoms with van der Waals surface area (Å²) in [6.45, 7) is 4.07. The molecule has 1 aromatic heterocycles. The molecule has 1 amide bonds. The number of nitrogens with zero attached hydrogens (tertiary/aromatic N) is 1. The monoisotopic (exact) mass is 369 g/mol. The number of halogens is 2. The van der Waals surface area contributed by atoms with E-state index in [1.54, 1.807) is 31.5 Å². The average molecular weight is 370 g/mol. The van der Waals surface area contributed by atoms with Gasteiger partial charge in [-0.05, 0) is 35.7 Å². The molecule has 2 heterocycles. The molecule has 1 unspecified atom stereocenters. The lowest BCUT2D eigenvalue weighted by molar-refractivity contribution is -0.127. The molecule has 2 aromatic rings. The van der Waals surface area contributed by atoms with Gasteiger partial charge in [-0.1, -0.05) is 18.2 Å². The average Bonchev–Trinajstić information content (AvgIpc) is 3.01. The zero-order chi connectivity index (χ0) is 15.4. The highest BCUT2D eigenvalue weighted by molar-refractivity contribution is 5.85. The molecule has 0 bridgehead atoms. The summed E-state index contributed by atoms with van der Waals surface area (Å²) in [5.41, 5.74) is 3.75. The standard InChI is InChI=1S/C17H19N3O2.2ClH/c1-12(22-16-3-2-6-18-11-16)17(21)20-8-13-4-5-14-9-19-10-15(14)7-13;;/h2-7,11-12,19H,8-10H2,1H3,(H,20,21);2*1H. The Hall–Kier alpha value is -1.82. The first-order chi connectivity index (χ1) is 10.7. The van der Waals surface area contributed by atoms with Gasteiger partial charge >= 0.3 is 0 Å². The Labute approximate surface area is 154 Å². The van der Waals surface area contributed by atoms with E-state index < -0.39 is 6.10 Å². The van der Waals surface area contributed by atoms with E-state index in [0.717, 1.165) is 18.7 Å². The molecule has 1 atom stereocenters. The summed E-state index contributed by atoms with van der Waals surface area (Å²) in [5, 5.41) is 6.22. The number of ether oxygens (including phenoxy) is 1. The van der Waals surface area contributed by atoms with E-state index in [1.807, 2.05) is 0 Å². The molecule has 1 aromatic carbocycles. The Morgan fingerprint density at radius 3 is 2.83 bits per heavy atom. The first kappa shape index (κ1) is 20.2. The van der Waals surface area contributed by atoms with Crippen molar-refractivity contribution in [2.45, 2.75) is 32.7 Å². The van der Waals surface area contributed by atoms with Gasteiger partial charge in [-0.2, -0.15) is 0 Å². The van der Waals surface area contributed by atoms with E-state index in [1.165, 1.54) is 11.1 Å². The molecule has 24 heavy (non-hydrogen) atoms. The summed E-state index contributed by atoms with van der Waals surface area (Å²) in [4.78, 5) is 16.0. The third-order valence-electron chi connectivity index (χ3n) is 3.68. The van der Waals surface area contributed by atoms with E-state index in [4.69, 9.17) is 4.74 Å². The molecular formula is C17H21Cl2N3O2. The molecule has 0 saturated heterocycles. The molecule has 0 radical (unpaired) electrons. The Morgan fingerprint density at radius 2 is 2.08 bits per heavy atom. The van der Waals surface area contributed by atoms with Gasteiger partial charge in [0.2, 0.25) is 0 Å². The number of hydrogen-bond donors (Lipinski definition) is 2. The van der Waals surface area contributed by atoms with Crippen LogP contribution >= 0.6 is 24.8 Å². The van der Waals surface area contributed by atoms with Crippen molar-refractivity contribution in [2.24, 2.45) is 0 Å². The molecule has 0 saturated carbocycles. The molecule has 3 rings (SSSR count). The number of rotatable bonds is 5. The van der Waals surface area contributed by atoms with Crippen LogP contribution in [0.15, 0.2) is 42.7 Å². The fraction of sp³-hybridized carbons (Fsp3) is 0.294. The molecule has 5 nitrogen and oxygen atoms in total. The fourth-order valence-electron chi connectivity index (χ4n) is 2.47. The summed E-state index contributed by atoms with van der Waals surface area (Å²) in [6.07, 6.45) is 2.71. The fourth-order valence-corrected chi connectivity index (χ4v) is 2.47. The highest BCUT2D eigenvalue weighted by atomic mass is 35.5. The van der Waals surface area contributed by atoms with E-state index in [0.29, 0.717) is 12.3 Å². The number of pyridine rings is 1. The Balaban J connectivity index is 0.00000144. The number of carbonyl (C=O) groups excluding carboxylic acids is 1. The molecule has 7 heteroatoms. The van der Waals surface area contributed by atoms with E-state index >= 15 is 0 Å². The van der Waals surface area contributed by atoms with Gasteiger partial charge in [0.1, 0.15) is 5.75 Å². The summed E-state index contributed by atoms with van der Waals surface area (Å²) in [7, 11) is 0. The van der Waals surface area contributed by atoms with Crippen LogP contribution in [0.4, 0.5) is 0 Å². The predicted molar refractivity (Wildman–Crippen MR) is 97.7 cm³/mol. The highest BCUT2D eigenvalue weighted by Gasteiger charge is 2.15. The number of hydrogen-bond acceptors (Lipinski definition) is 4.